The van der Waals surface area contributed by atoms with Crippen molar-refractivity contribution in [3.63, 3.8) is 0 Å². The molecule has 1 saturated heterocycles. The molecular formula is C32H46N6O9S. The van der Waals surface area contributed by atoms with Crippen LogP contribution in [-0.2, 0) is 40.0 Å². The number of aliphatic hydroxyl groups is 1. The Labute approximate surface area is 284 Å². The van der Waals surface area contributed by atoms with Gasteiger partial charge in [-0.05, 0) is 61.0 Å². The zero-order chi connectivity index (χ0) is 35.7. The molecule has 15 nitrogen and oxygen atoms in total. The fourth-order valence-corrected chi connectivity index (χ4v) is 4.65. The smallest absolute Gasteiger partial charge is 0.413 e. The molecule has 1 aromatic heterocycles. The van der Waals surface area contributed by atoms with Crippen LogP contribution in [0.25, 0.3) is 0 Å². The summed E-state index contributed by atoms with van der Waals surface area (Å²) < 4.78 is 16.2. The number of hydrogen-bond acceptors (Lipinski definition) is 13. The molecule has 3 amide bonds. The van der Waals surface area contributed by atoms with Gasteiger partial charge in [-0.15, -0.1) is 11.3 Å². The first-order valence-corrected chi connectivity index (χ1v) is 16.3. The second-order valence-electron chi connectivity index (χ2n) is 13.6. The summed E-state index contributed by atoms with van der Waals surface area (Å²) in [4.78, 5) is 60.8. The van der Waals surface area contributed by atoms with Crippen LogP contribution in [0.3, 0.4) is 0 Å². The molecule has 0 bridgehead atoms. The molecule has 5 N–H and O–H groups in total. The molecule has 0 aliphatic carbocycles. The van der Waals surface area contributed by atoms with Gasteiger partial charge in [0.2, 0.25) is 11.5 Å². The lowest BCUT2D eigenvalue weighted by atomic mass is 9.98. The first-order chi connectivity index (χ1) is 22.3. The fraction of sp³-hybridized carbons (Fsp3) is 0.562. The van der Waals surface area contributed by atoms with Gasteiger partial charge in [-0.1, -0.05) is 35.5 Å². The van der Waals surface area contributed by atoms with E-state index in [1.54, 1.807) is 41.5 Å². The van der Waals surface area contributed by atoms with Gasteiger partial charge < -0.3 is 40.1 Å². The zero-order valence-corrected chi connectivity index (χ0v) is 29.4. The second kappa shape index (κ2) is 16.3. The van der Waals surface area contributed by atoms with E-state index in [-0.39, 0.29) is 36.2 Å². The molecule has 0 spiro atoms. The Kier molecular flexibility index (Phi) is 13.0. The Morgan fingerprint density at radius 1 is 1.04 bits per heavy atom. The molecule has 1 aliphatic heterocycles. The minimum absolute atomic E-state index is 0.0107. The third-order valence-electron chi connectivity index (χ3n) is 6.29. The summed E-state index contributed by atoms with van der Waals surface area (Å²) in [7, 11) is 0. The molecule has 0 saturated carbocycles. The van der Waals surface area contributed by atoms with E-state index in [0.717, 1.165) is 16.9 Å². The number of benzene rings is 1. The number of carbonyl (C=O) groups is 4. The average Bonchev–Trinajstić information content (AvgIpc) is 3.41. The number of β-lactam (4-membered cyclic amide) rings is 1. The van der Waals surface area contributed by atoms with Crippen LogP contribution in [-0.4, -0.2) is 94.4 Å². The van der Waals surface area contributed by atoms with Gasteiger partial charge in [0.25, 0.3) is 5.91 Å². The Morgan fingerprint density at radius 3 is 2.33 bits per heavy atom. The van der Waals surface area contributed by atoms with Crippen molar-refractivity contribution in [1.82, 2.24) is 20.9 Å². The minimum Gasteiger partial charge on any atom is -0.457 e. The molecule has 1 fully saturated rings. The summed E-state index contributed by atoms with van der Waals surface area (Å²) in [5, 5.41) is 26.8. The van der Waals surface area contributed by atoms with Crippen LogP contribution in [0.2, 0.25) is 0 Å². The Bertz CT molecular complexity index is 1450. The summed E-state index contributed by atoms with van der Waals surface area (Å²) in [6.45, 7) is 14.0. The van der Waals surface area contributed by atoms with Gasteiger partial charge in [0, 0.05) is 18.5 Å². The second-order valence-corrected chi connectivity index (χ2v) is 14.4. The van der Waals surface area contributed by atoms with Crippen LogP contribution in [0.1, 0.15) is 66.6 Å². The molecule has 1 aliphatic rings. The molecule has 2 heterocycles. The lowest BCUT2D eigenvalue weighted by Gasteiger charge is -2.37. The van der Waals surface area contributed by atoms with E-state index in [1.165, 1.54) is 19.2 Å². The number of nitrogens with zero attached hydrogens (tertiary/aromatic N) is 2. The van der Waals surface area contributed by atoms with Gasteiger partial charge in [-0.3, -0.25) is 14.9 Å². The average molecular weight is 691 g/mol. The minimum atomic E-state index is -1.60. The summed E-state index contributed by atoms with van der Waals surface area (Å²) >= 11 is 1.00. The molecule has 2 aromatic rings. The highest BCUT2D eigenvalue weighted by molar-refractivity contribution is 7.14. The van der Waals surface area contributed by atoms with Gasteiger partial charge in [0.1, 0.15) is 22.9 Å². The Hall–Kier alpha value is -4.12. The maximum Gasteiger partial charge on any atom is 0.413 e. The third kappa shape index (κ3) is 12.5. The number of aliphatic hydroxyl groups excluding tert-OH is 1. The van der Waals surface area contributed by atoms with Crippen molar-refractivity contribution in [1.29, 1.82) is 0 Å². The Morgan fingerprint density at radius 2 is 1.71 bits per heavy atom. The molecule has 3 atom stereocenters. The van der Waals surface area contributed by atoms with Gasteiger partial charge in [0.05, 0.1) is 25.4 Å². The van der Waals surface area contributed by atoms with Crippen molar-refractivity contribution in [2.24, 2.45) is 5.16 Å². The number of anilines is 1. The molecule has 1 aromatic carbocycles. The maximum absolute atomic E-state index is 13.5. The number of oxime groups is 1. The lowest BCUT2D eigenvalue weighted by molar-refractivity contribution is -0.179. The zero-order valence-electron chi connectivity index (χ0n) is 28.5. The summed E-state index contributed by atoms with van der Waals surface area (Å²) in [5.41, 5.74) is -2.50. The van der Waals surface area contributed by atoms with E-state index in [0.29, 0.717) is 6.61 Å². The Balaban J connectivity index is 1.66. The van der Waals surface area contributed by atoms with Crippen molar-refractivity contribution in [2.45, 2.75) is 97.0 Å². The highest BCUT2D eigenvalue weighted by atomic mass is 32.1. The first-order valence-electron chi connectivity index (χ1n) is 15.4. The number of nitrogens with one attached hydrogen (secondary N) is 4. The largest absolute Gasteiger partial charge is 0.457 e. The van der Waals surface area contributed by atoms with E-state index in [2.05, 4.69) is 31.4 Å². The van der Waals surface area contributed by atoms with Crippen molar-refractivity contribution in [2.75, 3.05) is 25.0 Å². The van der Waals surface area contributed by atoms with Crippen LogP contribution < -0.4 is 21.3 Å². The number of aromatic nitrogens is 1. The number of rotatable bonds is 15. The molecule has 264 valence electrons. The van der Waals surface area contributed by atoms with Gasteiger partial charge in [-0.25, -0.2) is 14.6 Å². The number of hydrogen-bond donors (Lipinski definition) is 5. The monoisotopic (exact) mass is 690 g/mol. The number of ether oxygens (including phenoxy) is 3. The summed E-state index contributed by atoms with van der Waals surface area (Å²) in [6.07, 6.45) is -1.54. The highest BCUT2D eigenvalue weighted by Crippen LogP contribution is 2.21. The molecular weight excluding hydrogens is 644 g/mol. The number of thiazole rings is 1. The lowest BCUT2D eigenvalue weighted by Crippen LogP contribution is -2.72. The van der Waals surface area contributed by atoms with Gasteiger partial charge in [0.15, 0.2) is 10.8 Å². The van der Waals surface area contributed by atoms with Crippen LogP contribution in [0.15, 0.2) is 40.9 Å². The van der Waals surface area contributed by atoms with Crippen molar-refractivity contribution < 1.29 is 43.3 Å². The fourth-order valence-electron chi connectivity index (χ4n) is 3.97. The normalized spacial score (nSPS) is 17.4. The number of amides is 3. The molecule has 3 rings (SSSR count). The van der Waals surface area contributed by atoms with Crippen LogP contribution in [0, 0.1) is 0 Å². The van der Waals surface area contributed by atoms with E-state index in [1.807, 2.05) is 30.3 Å². The van der Waals surface area contributed by atoms with Crippen LogP contribution in [0.4, 0.5) is 9.93 Å². The summed E-state index contributed by atoms with van der Waals surface area (Å²) in [5.74, 6) is -1.97. The standard InChI is InChI=1S/C32H46N6O9S/c1-30(2,3)45-27(42)32(7,8)47-38-24(22-18-48-28(35-22)37-29(43)46-31(4,5)6)26(41)36-23-21(34-25(23)40)15-33-14-20(39)17-44-16-19-12-10-9-11-13-19/h9-13,18,20-21,23,33,39H,14-17H2,1-8H3,(H,34,40)(H,36,41)(H,35,37,43)/t20-,21+,23+/m1/s1. The van der Waals surface area contributed by atoms with E-state index < -0.39 is 58.9 Å². The van der Waals surface area contributed by atoms with Gasteiger partial charge in [-0.2, -0.15) is 0 Å². The van der Waals surface area contributed by atoms with Crippen molar-refractivity contribution >= 4 is 46.1 Å². The molecule has 48 heavy (non-hydrogen) atoms. The SMILES string of the molecule is CC(C)(C)OC(=O)Nc1nc(C(=NOC(C)(C)C(=O)OC(C)(C)C)C(=O)N[C@@H]2C(=O)N[C@H]2CNC[C@@H](O)COCc2ccccc2)cs1. The predicted octanol–water partition coefficient (Wildman–Crippen LogP) is 2.48. The van der Waals surface area contributed by atoms with Crippen molar-refractivity contribution in [3.8, 4) is 0 Å². The molecule has 16 heteroatoms. The van der Waals surface area contributed by atoms with Crippen LogP contribution >= 0.6 is 11.3 Å². The topological polar surface area (TPSA) is 199 Å². The third-order valence-corrected chi connectivity index (χ3v) is 7.05. The maximum atomic E-state index is 13.5. The molecule has 0 radical (unpaired) electrons. The van der Waals surface area contributed by atoms with Gasteiger partial charge >= 0.3 is 12.1 Å². The number of carbonyl (C=O) groups excluding carboxylic acids is 4. The predicted molar refractivity (Wildman–Crippen MR) is 178 cm³/mol. The highest BCUT2D eigenvalue weighted by Gasteiger charge is 2.41. The molecule has 0 unspecified atom stereocenters. The van der Waals surface area contributed by atoms with E-state index in [9.17, 15) is 24.3 Å². The van der Waals surface area contributed by atoms with E-state index in [4.69, 9.17) is 19.0 Å². The quantitative estimate of drug-likeness (QED) is 0.0796. The van der Waals surface area contributed by atoms with Crippen molar-refractivity contribution in [3.05, 3.63) is 47.0 Å². The van der Waals surface area contributed by atoms with Crippen LogP contribution in [0.5, 0.6) is 0 Å². The summed E-state index contributed by atoms with van der Waals surface area (Å²) in [6, 6.07) is 8.13. The number of esters is 1. The van der Waals surface area contributed by atoms with E-state index >= 15 is 0 Å². The first kappa shape index (κ1) is 38.3.